The fourth-order valence-corrected chi connectivity index (χ4v) is 3.21. The third kappa shape index (κ3) is 4.99. The maximum Gasteiger partial charge on any atom is 0.158 e. The van der Waals surface area contributed by atoms with Gasteiger partial charge in [0.25, 0.3) is 0 Å². The number of hydrogen-bond acceptors (Lipinski definition) is 2. The number of hydrogen-bond donors (Lipinski definition) is 1. The second-order valence-electron chi connectivity index (χ2n) is 6.17. The van der Waals surface area contributed by atoms with E-state index in [9.17, 15) is 4.79 Å². The fraction of sp³-hybridized carbons (Fsp3) is 0.824. The first-order chi connectivity index (χ1) is 9.25. The SMILES string of the molecule is CC(=O)C(C#CC1CCCCC1)NC1CCCCC1. The lowest BCUT2D eigenvalue weighted by atomic mass is 9.89. The quantitative estimate of drug-likeness (QED) is 0.788. The van der Waals surface area contributed by atoms with Gasteiger partial charge < -0.3 is 0 Å². The lowest BCUT2D eigenvalue weighted by Gasteiger charge is -2.25. The Morgan fingerprint density at radius 2 is 1.58 bits per heavy atom. The number of carbonyl (C=O) groups is 1. The Morgan fingerprint density at radius 3 is 2.16 bits per heavy atom. The first-order valence-electron chi connectivity index (χ1n) is 8.03. The molecule has 0 aromatic heterocycles. The van der Waals surface area contributed by atoms with Crippen LogP contribution in [0.15, 0.2) is 0 Å². The molecule has 1 unspecified atom stereocenters. The van der Waals surface area contributed by atoms with Crippen molar-refractivity contribution >= 4 is 5.78 Å². The van der Waals surface area contributed by atoms with Gasteiger partial charge in [-0.3, -0.25) is 10.1 Å². The molecule has 1 N–H and O–H groups in total. The van der Waals surface area contributed by atoms with Crippen LogP contribution < -0.4 is 5.32 Å². The van der Waals surface area contributed by atoms with Gasteiger partial charge in [-0.15, -0.1) is 0 Å². The maximum atomic E-state index is 11.7. The molecule has 0 aromatic carbocycles. The van der Waals surface area contributed by atoms with Crippen molar-refractivity contribution in [1.29, 1.82) is 0 Å². The van der Waals surface area contributed by atoms with E-state index in [1.54, 1.807) is 6.92 Å². The zero-order valence-corrected chi connectivity index (χ0v) is 12.2. The molecule has 0 heterocycles. The van der Waals surface area contributed by atoms with Crippen LogP contribution >= 0.6 is 0 Å². The van der Waals surface area contributed by atoms with Crippen molar-refractivity contribution in [1.82, 2.24) is 5.32 Å². The Morgan fingerprint density at radius 1 is 1.00 bits per heavy atom. The molecule has 0 aliphatic heterocycles. The van der Waals surface area contributed by atoms with E-state index in [-0.39, 0.29) is 11.8 Å². The number of carbonyl (C=O) groups excluding carboxylic acids is 1. The molecule has 0 radical (unpaired) electrons. The molecule has 0 saturated heterocycles. The lowest BCUT2D eigenvalue weighted by molar-refractivity contribution is -0.117. The third-order valence-corrected chi connectivity index (χ3v) is 4.45. The van der Waals surface area contributed by atoms with E-state index in [0.29, 0.717) is 12.0 Å². The molecule has 0 amide bonds. The summed E-state index contributed by atoms with van der Waals surface area (Å²) in [5, 5.41) is 3.47. The monoisotopic (exact) mass is 261 g/mol. The largest absolute Gasteiger partial charge is 0.297 e. The van der Waals surface area contributed by atoms with Crippen LogP contribution in [-0.4, -0.2) is 17.9 Å². The minimum atomic E-state index is -0.231. The van der Waals surface area contributed by atoms with E-state index in [0.717, 1.165) is 0 Å². The predicted octanol–water partition coefficient (Wildman–Crippen LogP) is 3.45. The molecular weight excluding hydrogens is 234 g/mol. The standard InChI is InChI=1S/C17H27NO/c1-14(19)17(18-16-10-6-3-7-11-16)13-12-15-8-4-2-5-9-15/h15-18H,2-11H2,1H3. The first kappa shape index (κ1) is 14.6. The highest BCUT2D eigenvalue weighted by atomic mass is 16.1. The molecule has 1 atom stereocenters. The summed E-state index contributed by atoms with van der Waals surface area (Å²) < 4.78 is 0. The smallest absolute Gasteiger partial charge is 0.158 e. The average molecular weight is 261 g/mol. The van der Waals surface area contributed by atoms with E-state index >= 15 is 0 Å². The van der Waals surface area contributed by atoms with Gasteiger partial charge in [-0.1, -0.05) is 50.4 Å². The molecule has 2 heteroatoms. The second-order valence-corrected chi connectivity index (χ2v) is 6.17. The van der Waals surface area contributed by atoms with Crippen molar-refractivity contribution < 1.29 is 4.79 Å². The van der Waals surface area contributed by atoms with E-state index in [1.165, 1.54) is 64.2 Å². The number of ketones is 1. The van der Waals surface area contributed by atoms with Crippen molar-refractivity contribution in [2.24, 2.45) is 5.92 Å². The molecule has 2 nitrogen and oxygen atoms in total. The lowest BCUT2D eigenvalue weighted by Crippen LogP contribution is -2.42. The van der Waals surface area contributed by atoms with E-state index in [1.807, 2.05) is 0 Å². The summed E-state index contributed by atoms with van der Waals surface area (Å²) in [5.41, 5.74) is 0. The highest BCUT2D eigenvalue weighted by molar-refractivity contribution is 5.84. The number of rotatable bonds is 3. The molecular formula is C17H27NO. The van der Waals surface area contributed by atoms with E-state index in [2.05, 4.69) is 17.2 Å². The Kier molecular flexibility index (Phi) is 5.92. The molecule has 19 heavy (non-hydrogen) atoms. The van der Waals surface area contributed by atoms with Crippen LogP contribution in [0.4, 0.5) is 0 Å². The van der Waals surface area contributed by atoms with Crippen LogP contribution in [0.2, 0.25) is 0 Å². The van der Waals surface area contributed by atoms with Crippen molar-refractivity contribution in [2.45, 2.75) is 83.2 Å². The molecule has 2 fully saturated rings. The third-order valence-electron chi connectivity index (χ3n) is 4.45. The second kappa shape index (κ2) is 7.70. The van der Waals surface area contributed by atoms with Crippen LogP contribution in [0.3, 0.4) is 0 Å². The summed E-state index contributed by atoms with van der Waals surface area (Å²) >= 11 is 0. The highest BCUT2D eigenvalue weighted by Crippen LogP contribution is 2.22. The van der Waals surface area contributed by atoms with Crippen LogP contribution in [0.1, 0.15) is 71.1 Å². The maximum absolute atomic E-state index is 11.7. The minimum Gasteiger partial charge on any atom is -0.297 e. The Balaban J connectivity index is 1.87. The van der Waals surface area contributed by atoms with Gasteiger partial charge in [0.2, 0.25) is 0 Å². The predicted molar refractivity (Wildman–Crippen MR) is 78.8 cm³/mol. The van der Waals surface area contributed by atoms with Gasteiger partial charge in [0.15, 0.2) is 5.78 Å². The molecule has 106 valence electrons. The normalized spacial score (nSPS) is 23.4. The van der Waals surface area contributed by atoms with Crippen molar-refractivity contribution in [2.75, 3.05) is 0 Å². The van der Waals surface area contributed by atoms with Crippen molar-refractivity contribution in [3.8, 4) is 11.8 Å². The zero-order valence-electron chi connectivity index (χ0n) is 12.2. The minimum absolute atomic E-state index is 0.175. The molecule has 0 spiro atoms. The Hall–Kier alpha value is -0.810. The van der Waals surface area contributed by atoms with Gasteiger partial charge in [0.1, 0.15) is 6.04 Å². The Labute approximate surface area is 117 Å². The van der Waals surface area contributed by atoms with Crippen LogP contribution in [-0.2, 0) is 4.79 Å². The molecule has 2 aliphatic carbocycles. The summed E-state index contributed by atoms with van der Waals surface area (Å²) in [4.78, 5) is 11.7. The molecule has 2 saturated carbocycles. The first-order valence-corrected chi connectivity index (χ1v) is 8.03. The van der Waals surface area contributed by atoms with Gasteiger partial charge in [-0.2, -0.15) is 0 Å². The highest BCUT2D eigenvalue weighted by Gasteiger charge is 2.19. The molecule has 0 aromatic rings. The Bertz CT molecular complexity index is 340. The summed E-state index contributed by atoms with van der Waals surface area (Å²) in [6, 6.07) is 0.272. The van der Waals surface area contributed by atoms with Crippen molar-refractivity contribution in [3.63, 3.8) is 0 Å². The summed E-state index contributed by atoms with van der Waals surface area (Å²) in [6.45, 7) is 1.66. The summed E-state index contributed by atoms with van der Waals surface area (Å²) in [5.74, 6) is 7.29. The average Bonchev–Trinajstić information content (AvgIpc) is 2.45. The van der Waals surface area contributed by atoms with Gasteiger partial charge in [-0.05, 0) is 32.6 Å². The summed E-state index contributed by atoms with van der Waals surface area (Å²) in [7, 11) is 0. The molecule has 2 rings (SSSR count). The van der Waals surface area contributed by atoms with Crippen molar-refractivity contribution in [3.05, 3.63) is 0 Å². The van der Waals surface area contributed by atoms with Gasteiger partial charge in [0, 0.05) is 12.0 Å². The number of Topliss-reactive ketones (excluding diaryl/α,β-unsaturated/α-hetero) is 1. The fourth-order valence-electron chi connectivity index (χ4n) is 3.21. The van der Waals surface area contributed by atoms with Gasteiger partial charge in [0.05, 0.1) is 0 Å². The zero-order chi connectivity index (χ0) is 13.5. The van der Waals surface area contributed by atoms with Crippen LogP contribution in [0.25, 0.3) is 0 Å². The van der Waals surface area contributed by atoms with Crippen LogP contribution in [0, 0.1) is 17.8 Å². The van der Waals surface area contributed by atoms with Crippen LogP contribution in [0.5, 0.6) is 0 Å². The van der Waals surface area contributed by atoms with E-state index < -0.39 is 0 Å². The molecule has 2 aliphatic rings. The topological polar surface area (TPSA) is 29.1 Å². The van der Waals surface area contributed by atoms with Gasteiger partial charge >= 0.3 is 0 Å². The molecule has 0 bridgehead atoms. The number of nitrogens with one attached hydrogen (secondary N) is 1. The van der Waals surface area contributed by atoms with Gasteiger partial charge in [-0.25, -0.2) is 0 Å². The summed E-state index contributed by atoms with van der Waals surface area (Å²) in [6.07, 6.45) is 12.7. The van der Waals surface area contributed by atoms with E-state index in [4.69, 9.17) is 0 Å².